The molecule has 1 atom stereocenters. The lowest BCUT2D eigenvalue weighted by Crippen LogP contribution is -1.99. The minimum absolute atomic E-state index is 0.497. The molecule has 0 saturated carbocycles. The second-order valence-corrected chi connectivity index (χ2v) is 4.96. The summed E-state index contributed by atoms with van der Waals surface area (Å²) in [7, 11) is 0. The van der Waals surface area contributed by atoms with E-state index in [-0.39, 0.29) is 0 Å². The van der Waals surface area contributed by atoms with Gasteiger partial charge < -0.3 is 4.74 Å². The summed E-state index contributed by atoms with van der Waals surface area (Å²) in [6.07, 6.45) is 0.527. The Morgan fingerprint density at radius 2 is 1.53 bits per heavy atom. The molecule has 4 heteroatoms. The molecule has 0 radical (unpaired) electrons. The van der Waals surface area contributed by atoms with Crippen LogP contribution in [-0.2, 0) is 6.42 Å². The molecule has 96 valence electrons. The highest BCUT2D eigenvalue weighted by Crippen LogP contribution is 2.23. The highest BCUT2D eigenvalue weighted by atomic mass is 35.5. The van der Waals surface area contributed by atoms with Crippen LogP contribution in [0.2, 0.25) is 5.02 Å². The van der Waals surface area contributed by atoms with Crippen LogP contribution < -0.4 is 4.74 Å². The third kappa shape index (κ3) is 4.17. The average molecular weight is 292 g/mol. The summed E-state index contributed by atoms with van der Waals surface area (Å²) in [5, 5.41) is 8.83. The van der Waals surface area contributed by atoms with Crippen molar-refractivity contribution in [2.75, 3.05) is 0 Å². The normalized spacial score (nSPS) is 11.6. The lowest BCUT2D eigenvalue weighted by atomic mass is 10.1. The summed E-state index contributed by atoms with van der Waals surface area (Å²) in [6.45, 7) is 0. The average Bonchev–Trinajstić information content (AvgIpc) is 2.43. The first-order valence-corrected chi connectivity index (χ1v) is 6.55. The van der Waals surface area contributed by atoms with Gasteiger partial charge in [0.15, 0.2) is 0 Å². The van der Waals surface area contributed by atoms with Crippen LogP contribution >= 0.6 is 23.2 Å². The molecule has 0 aliphatic carbocycles. The molecule has 0 aliphatic rings. The van der Waals surface area contributed by atoms with Gasteiger partial charge in [0, 0.05) is 11.4 Å². The molecule has 2 nitrogen and oxygen atoms in total. The van der Waals surface area contributed by atoms with E-state index in [1.807, 2.05) is 30.3 Å². The molecule has 2 aromatic rings. The Kier molecular flexibility index (Phi) is 4.68. The van der Waals surface area contributed by atoms with Crippen molar-refractivity contribution in [2.45, 2.75) is 11.8 Å². The standard InChI is InChI=1S/C15H11Cl2NO/c16-12-3-7-15(8-4-12)19-14-5-1-11(2-6-14)9-13(17)10-18/h1-8,13H,9H2. The quantitative estimate of drug-likeness (QED) is 0.758. The molecule has 0 bridgehead atoms. The fourth-order valence-electron chi connectivity index (χ4n) is 1.58. The van der Waals surface area contributed by atoms with Gasteiger partial charge in [0.2, 0.25) is 0 Å². The van der Waals surface area contributed by atoms with Crippen LogP contribution in [0.5, 0.6) is 11.5 Å². The summed E-state index contributed by atoms with van der Waals surface area (Å²) in [5.41, 5.74) is 1.00. The molecule has 2 aromatic carbocycles. The maximum absolute atomic E-state index is 8.65. The van der Waals surface area contributed by atoms with E-state index in [0.717, 1.165) is 17.1 Å². The summed E-state index contributed by atoms with van der Waals surface area (Å²) >= 11 is 11.6. The zero-order valence-corrected chi connectivity index (χ0v) is 11.5. The van der Waals surface area contributed by atoms with Crippen molar-refractivity contribution in [2.24, 2.45) is 0 Å². The minimum atomic E-state index is -0.497. The molecule has 1 unspecified atom stereocenters. The maximum atomic E-state index is 8.65. The Morgan fingerprint density at radius 1 is 1.00 bits per heavy atom. The molecule has 19 heavy (non-hydrogen) atoms. The van der Waals surface area contributed by atoms with Crippen molar-refractivity contribution < 1.29 is 4.74 Å². The van der Waals surface area contributed by atoms with E-state index in [0.29, 0.717) is 11.4 Å². The van der Waals surface area contributed by atoms with E-state index in [4.69, 9.17) is 33.2 Å². The molecule has 0 saturated heterocycles. The summed E-state index contributed by atoms with van der Waals surface area (Å²) < 4.78 is 5.66. The number of hydrogen-bond acceptors (Lipinski definition) is 2. The van der Waals surface area contributed by atoms with Crippen molar-refractivity contribution in [3.8, 4) is 17.6 Å². The van der Waals surface area contributed by atoms with Gasteiger partial charge in [-0.05, 0) is 42.0 Å². The first-order valence-electron chi connectivity index (χ1n) is 5.73. The van der Waals surface area contributed by atoms with E-state index < -0.39 is 5.38 Å². The Labute approximate surface area is 122 Å². The molecule has 0 aromatic heterocycles. The Morgan fingerprint density at radius 3 is 2.05 bits per heavy atom. The van der Waals surface area contributed by atoms with Crippen LogP contribution in [0.3, 0.4) is 0 Å². The second-order valence-electron chi connectivity index (χ2n) is 4.00. The topological polar surface area (TPSA) is 33.0 Å². The van der Waals surface area contributed by atoms with Gasteiger partial charge in [0.25, 0.3) is 0 Å². The molecule has 0 amide bonds. The number of hydrogen-bond donors (Lipinski definition) is 0. The van der Waals surface area contributed by atoms with Gasteiger partial charge >= 0.3 is 0 Å². The van der Waals surface area contributed by atoms with Gasteiger partial charge in [-0.1, -0.05) is 23.7 Å². The van der Waals surface area contributed by atoms with E-state index in [2.05, 4.69) is 0 Å². The highest BCUT2D eigenvalue weighted by Gasteiger charge is 2.04. The summed E-state index contributed by atoms with van der Waals surface area (Å²) in [6, 6.07) is 16.7. The fraction of sp³-hybridized carbons (Fsp3) is 0.133. The summed E-state index contributed by atoms with van der Waals surface area (Å²) in [4.78, 5) is 0. The van der Waals surface area contributed by atoms with Gasteiger partial charge in [-0.2, -0.15) is 5.26 Å². The third-order valence-corrected chi connectivity index (χ3v) is 3.03. The predicted octanol–water partition coefficient (Wildman–Crippen LogP) is 4.81. The van der Waals surface area contributed by atoms with Crippen LogP contribution in [-0.4, -0.2) is 5.38 Å². The smallest absolute Gasteiger partial charge is 0.127 e. The minimum Gasteiger partial charge on any atom is -0.457 e. The molecule has 0 spiro atoms. The second kappa shape index (κ2) is 6.47. The van der Waals surface area contributed by atoms with E-state index in [9.17, 15) is 0 Å². The number of nitrogens with zero attached hydrogens (tertiary/aromatic N) is 1. The Balaban J connectivity index is 2.02. The van der Waals surface area contributed by atoms with Crippen LogP contribution in [0.25, 0.3) is 0 Å². The van der Waals surface area contributed by atoms with Gasteiger partial charge in [-0.15, -0.1) is 11.6 Å². The zero-order valence-electron chi connectivity index (χ0n) is 10.0. The molecule has 0 heterocycles. The number of ether oxygens (including phenoxy) is 1. The van der Waals surface area contributed by atoms with Crippen molar-refractivity contribution in [1.29, 1.82) is 5.26 Å². The van der Waals surface area contributed by atoms with E-state index in [1.165, 1.54) is 0 Å². The monoisotopic (exact) mass is 291 g/mol. The van der Waals surface area contributed by atoms with Gasteiger partial charge in [-0.3, -0.25) is 0 Å². The fourth-order valence-corrected chi connectivity index (χ4v) is 1.89. The molecule has 0 N–H and O–H groups in total. The van der Waals surface area contributed by atoms with Crippen molar-refractivity contribution >= 4 is 23.2 Å². The van der Waals surface area contributed by atoms with Gasteiger partial charge in [0.1, 0.15) is 16.9 Å². The predicted molar refractivity (Wildman–Crippen MR) is 76.9 cm³/mol. The van der Waals surface area contributed by atoms with Crippen LogP contribution in [0.4, 0.5) is 0 Å². The first kappa shape index (κ1) is 13.7. The first-order chi connectivity index (χ1) is 9.17. The molecule has 2 rings (SSSR count). The number of halogens is 2. The number of rotatable bonds is 4. The molecule has 0 fully saturated rings. The van der Waals surface area contributed by atoms with Crippen LogP contribution in [0, 0.1) is 11.3 Å². The van der Waals surface area contributed by atoms with Crippen LogP contribution in [0.15, 0.2) is 48.5 Å². The molecular formula is C15H11Cl2NO. The van der Waals surface area contributed by atoms with Crippen molar-refractivity contribution in [3.05, 3.63) is 59.1 Å². The largest absolute Gasteiger partial charge is 0.457 e. The zero-order chi connectivity index (χ0) is 13.7. The number of alkyl halides is 1. The molecule has 0 aliphatic heterocycles. The highest BCUT2D eigenvalue weighted by molar-refractivity contribution is 6.30. The van der Waals surface area contributed by atoms with Crippen molar-refractivity contribution in [3.63, 3.8) is 0 Å². The SMILES string of the molecule is N#CC(Cl)Cc1ccc(Oc2ccc(Cl)cc2)cc1. The number of nitriles is 1. The van der Waals surface area contributed by atoms with Crippen LogP contribution in [0.1, 0.15) is 5.56 Å². The maximum Gasteiger partial charge on any atom is 0.127 e. The summed E-state index contributed by atoms with van der Waals surface area (Å²) in [5.74, 6) is 1.46. The van der Waals surface area contributed by atoms with Gasteiger partial charge in [-0.25, -0.2) is 0 Å². The number of benzene rings is 2. The lowest BCUT2D eigenvalue weighted by Gasteiger charge is -2.07. The van der Waals surface area contributed by atoms with Gasteiger partial charge in [0.05, 0.1) is 6.07 Å². The lowest BCUT2D eigenvalue weighted by molar-refractivity contribution is 0.482. The Hall–Kier alpha value is -1.69. The van der Waals surface area contributed by atoms with E-state index in [1.54, 1.807) is 24.3 Å². The van der Waals surface area contributed by atoms with E-state index >= 15 is 0 Å². The third-order valence-electron chi connectivity index (χ3n) is 2.53. The molecular weight excluding hydrogens is 281 g/mol. The Bertz CT molecular complexity index is 573. The van der Waals surface area contributed by atoms with Crippen molar-refractivity contribution in [1.82, 2.24) is 0 Å².